The first-order valence-corrected chi connectivity index (χ1v) is 5.25. The molecule has 76 valence electrons. The van der Waals surface area contributed by atoms with E-state index in [9.17, 15) is 4.39 Å². The van der Waals surface area contributed by atoms with Gasteiger partial charge in [0.05, 0.1) is 0 Å². The van der Waals surface area contributed by atoms with E-state index < -0.39 is 0 Å². The summed E-state index contributed by atoms with van der Waals surface area (Å²) in [5, 5.41) is 3.48. The van der Waals surface area contributed by atoms with Gasteiger partial charge in [0, 0.05) is 12.1 Å². The van der Waals surface area contributed by atoms with Crippen LogP contribution in [0.2, 0.25) is 0 Å². The third-order valence-electron chi connectivity index (χ3n) is 3.02. The standard InChI is InChI=1S/C12H16FN/c1-3-11-6-9-4-5-10(13)7-12(9)8(2)14-11/h4-5,7-8,11,14H,3,6H2,1-2H3. The molecule has 0 aromatic heterocycles. The third-order valence-corrected chi connectivity index (χ3v) is 3.02. The van der Waals surface area contributed by atoms with Crippen LogP contribution < -0.4 is 5.32 Å². The van der Waals surface area contributed by atoms with Crippen LogP contribution in [-0.4, -0.2) is 6.04 Å². The Kier molecular flexibility index (Phi) is 2.55. The molecule has 14 heavy (non-hydrogen) atoms. The molecule has 1 aliphatic rings. The Morgan fingerprint density at radius 1 is 1.50 bits per heavy atom. The average Bonchev–Trinajstić information content (AvgIpc) is 2.19. The fraction of sp³-hybridized carbons (Fsp3) is 0.500. The SMILES string of the molecule is CCC1Cc2ccc(F)cc2C(C)N1. The van der Waals surface area contributed by atoms with Crippen LogP contribution in [0.5, 0.6) is 0 Å². The second kappa shape index (κ2) is 3.70. The van der Waals surface area contributed by atoms with Gasteiger partial charge in [-0.1, -0.05) is 13.0 Å². The molecule has 2 heteroatoms. The fourth-order valence-electron chi connectivity index (χ4n) is 2.18. The molecule has 1 heterocycles. The molecule has 1 N–H and O–H groups in total. The van der Waals surface area contributed by atoms with Crippen LogP contribution >= 0.6 is 0 Å². The van der Waals surface area contributed by atoms with Crippen LogP contribution in [0.4, 0.5) is 4.39 Å². The van der Waals surface area contributed by atoms with Crippen molar-refractivity contribution in [2.45, 2.75) is 38.8 Å². The first-order valence-electron chi connectivity index (χ1n) is 5.25. The van der Waals surface area contributed by atoms with Crippen LogP contribution in [-0.2, 0) is 6.42 Å². The molecule has 2 atom stereocenters. The largest absolute Gasteiger partial charge is 0.307 e. The highest BCUT2D eigenvalue weighted by Gasteiger charge is 2.22. The molecule has 0 saturated carbocycles. The smallest absolute Gasteiger partial charge is 0.123 e. The van der Waals surface area contributed by atoms with Crippen molar-refractivity contribution >= 4 is 0 Å². The van der Waals surface area contributed by atoms with Gasteiger partial charge in [-0.25, -0.2) is 4.39 Å². The van der Waals surface area contributed by atoms with Crippen molar-refractivity contribution in [3.05, 3.63) is 35.1 Å². The lowest BCUT2D eigenvalue weighted by Crippen LogP contribution is -2.37. The normalized spacial score (nSPS) is 25.9. The molecule has 0 spiro atoms. The molecule has 0 radical (unpaired) electrons. The van der Waals surface area contributed by atoms with E-state index in [2.05, 4.69) is 19.2 Å². The minimum atomic E-state index is -0.132. The van der Waals surface area contributed by atoms with Crippen LogP contribution in [0, 0.1) is 5.82 Å². The molecule has 0 amide bonds. The summed E-state index contributed by atoms with van der Waals surface area (Å²) in [5.41, 5.74) is 2.42. The zero-order valence-electron chi connectivity index (χ0n) is 8.68. The fourth-order valence-corrected chi connectivity index (χ4v) is 2.18. The summed E-state index contributed by atoms with van der Waals surface area (Å²) in [4.78, 5) is 0. The van der Waals surface area contributed by atoms with E-state index in [0.29, 0.717) is 6.04 Å². The number of hydrogen-bond acceptors (Lipinski definition) is 1. The Bertz CT molecular complexity index is 335. The molecular formula is C12H16FN. The molecule has 0 fully saturated rings. The Labute approximate surface area is 84.3 Å². The van der Waals surface area contributed by atoms with Crippen molar-refractivity contribution in [1.29, 1.82) is 0 Å². The molecule has 2 unspecified atom stereocenters. The molecule has 2 rings (SSSR count). The van der Waals surface area contributed by atoms with Gasteiger partial charge in [-0.2, -0.15) is 0 Å². The second-order valence-corrected chi connectivity index (χ2v) is 4.04. The van der Waals surface area contributed by atoms with E-state index >= 15 is 0 Å². The highest BCUT2D eigenvalue weighted by atomic mass is 19.1. The van der Waals surface area contributed by atoms with Gasteiger partial charge in [0.2, 0.25) is 0 Å². The second-order valence-electron chi connectivity index (χ2n) is 4.04. The maximum absolute atomic E-state index is 13.0. The number of nitrogens with one attached hydrogen (secondary N) is 1. The maximum Gasteiger partial charge on any atom is 0.123 e. The summed E-state index contributed by atoms with van der Waals surface area (Å²) in [7, 11) is 0. The lowest BCUT2D eigenvalue weighted by molar-refractivity contribution is 0.410. The Balaban J connectivity index is 2.35. The predicted molar refractivity (Wildman–Crippen MR) is 55.7 cm³/mol. The number of hydrogen-bond donors (Lipinski definition) is 1. The molecule has 0 saturated heterocycles. The minimum Gasteiger partial charge on any atom is -0.307 e. The number of halogens is 1. The zero-order valence-corrected chi connectivity index (χ0v) is 8.68. The monoisotopic (exact) mass is 193 g/mol. The van der Waals surface area contributed by atoms with Gasteiger partial charge < -0.3 is 5.32 Å². The molecule has 1 aliphatic heterocycles. The number of benzene rings is 1. The zero-order chi connectivity index (χ0) is 10.1. The first-order chi connectivity index (χ1) is 6.70. The van der Waals surface area contributed by atoms with Gasteiger partial charge in [0.1, 0.15) is 5.82 Å². The Hall–Kier alpha value is -0.890. The van der Waals surface area contributed by atoms with Gasteiger partial charge >= 0.3 is 0 Å². The molecule has 1 aromatic rings. The van der Waals surface area contributed by atoms with Crippen molar-refractivity contribution in [2.75, 3.05) is 0 Å². The van der Waals surface area contributed by atoms with E-state index in [-0.39, 0.29) is 11.9 Å². The van der Waals surface area contributed by atoms with Gasteiger partial charge in [0.25, 0.3) is 0 Å². The summed E-state index contributed by atoms with van der Waals surface area (Å²) in [5.74, 6) is -0.132. The predicted octanol–water partition coefficient (Wildman–Crippen LogP) is 2.81. The van der Waals surface area contributed by atoms with E-state index in [1.54, 1.807) is 12.1 Å². The van der Waals surface area contributed by atoms with Gasteiger partial charge in [0.15, 0.2) is 0 Å². The molecule has 1 aromatic carbocycles. The van der Waals surface area contributed by atoms with E-state index in [0.717, 1.165) is 18.4 Å². The third kappa shape index (κ3) is 1.67. The molecule has 0 aliphatic carbocycles. The van der Waals surface area contributed by atoms with Crippen molar-refractivity contribution < 1.29 is 4.39 Å². The number of fused-ring (bicyclic) bond motifs is 1. The lowest BCUT2D eigenvalue weighted by Gasteiger charge is -2.30. The lowest BCUT2D eigenvalue weighted by atomic mass is 9.90. The van der Waals surface area contributed by atoms with Crippen LogP contribution in [0.3, 0.4) is 0 Å². The molecule has 1 nitrogen and oxygen atoms in total. The average molecular weight is 193 g/mol. The minimum absolute atomic E-state index is 0.132. The van der Waals surface area contributed by atoms with E-state index in [4.69, 9.17) is 0 Å². The van der Waals surface area contributed by atoms with Crippen LogP contribution in [0.15, 0.2) is 18.2 Å². The Morgan fingerprint density at radius 2 is 2.29 bits per heavy atom. The summed E-state index contributed by atoms with van der Waals surface area (Å²) >= 11 is 0. The summed E-state index contributed by atoms with van der Waals surface area (Å²) in [6, 6.07) is 5.95. The number of rotatable bonds is 1. The Morgan fingerprint density at radius 3 is 3.00 bits per heavy atom. The van der Waals surface area contributed by atoms with Crippen molar-refractivity contribution in [2.24, 2.45) is 0 Å². The van der Waals surface area contributed by atoms with E-state index in [1.165, 1.54) is 5.56 Å². The molecule has 0 bridgehead atoms. The van der Waals surface area contributed by atoms with Gasteiger partial charge in [-0.3, -0.25) is 0 Å². The van der Waals surface area contributed by atoms with E-state index in [1.807, 2.05) is 6.07 Å². The van der Waals surface area contributed by atoms with Crippen LogP contribution in [0.1, 0.15) is 37.4 Å². The quantitative estimate of drug-likeness (QED) is 0.723. The van der Waals surface area contributed by atoms with Gasteiger partial charge in [-0.15, -0.1) is 0 Å². The van der Waals surface area contributed by atoms with Crippen molar-refractivity contribution in [3.63, 3.8) is 0 Å². The summed E-state index contributed by atoms with van der Waals surface area (Å²) < 4.78 is 13.0. The van der Waals surface area contributed by atoms with Crippen LogP contribution in [0.25, 0.3) is 0 Å². The topological polar surface area (TPSA) is 12.0 Å². The first kappa shape index (κ1) is 9.66. The van der Waals surface area contributed by atoms with Crippen molar-refractivity contribution in [3.8, 4) is 0 Å². The maximum atomic E-state index is 13.0. The highest BCUT2D eigenvalue weighted by Crippen LogP contribution is 2.26. The van der Waals surface area contributed by atoms with Gasteiger partial charge in [-0.05, 0) is 43.0 Å². The highest BCUT2D eigenvalue weighted by molar-refractivity contribution is 5.33. The van der Waals surface area contributed by atoms with Crippen molar-refractivity contribution in [1.82, 2.24) is 5.32 Å². The molecular weight excluding hydrogens is 177 g/mol. The summed E-state index contributed by atoms with van der Waals surface area (Å²) in [6.45, 7) is 4.28. The summed E-state index contributed by atoms with van der Waals surface area (Å²) in [6.07, 6.45) is 2.15.